The summed E-state index contributed by atoms with van der Waals surface area (Å²) < 4.78 is 4.72. The molecular formula is C22H38O3. The Bertz CT molecular complexity index is 411. The number of rotatable bonds is 16. The number of hydrogen-bond donors (Lipinski definition) is 0. The summed E-state index contributed by atoms with van der Waals surface area (Å²) in [4.78, 5) is 23.3. The molecule has 0 saturated heterocycles. The first-order valence-corrected chi connectivity index (χ1v) is 10.7. The van der Waals surface area contributed by atoms with Crippen LogP contribution in [0.3, 0.4) is 0 Å². The minimum absolute atomic E-state index is 0.209. The Morgan fingerprint density at radius 2 is 1.16 bits per heavy atom. The molecule has 1 rings (SSSR count). The summed E-state index contributed by atoms with van der Waals surface area (Å²) in [5.41, 5.74) is 0.629. The number of carbonyl (C=O) groups excluding carboxylic acids is 2. The lowest BCUT2D eigenvalue weighted by Crippen LogP contribution is -2.12. The highest BCUT2D eigenvalue weighted by molar-refractivity contribution is 6.09. The topological polar surface area (TPSA) is 43.4 Å². The van der Waals surface area contributed by atoms with Crippen molar-refractivity contribution < 1.29 is 14.3 Å². The second kappa shape index (κ2) is 14.1. The summed E-state index contributed by atoms with van der Waals surface area (Å²) in [6, 6.07) is 0. The molecule has 0 aromatic rings. The molecule has 1 heterocycles. The third-order valence-electron chi connectivity index (χ3n) is 5.20. The van der Waals surface area contributed by atoms with Crippen LogP contribution in [0.4, 0.5) is 0 Å². The number of hydrogen-bond acceptors (Lipinski definition) is 3. The molecule has 0 fully saturated rings. The van der Waals surface area contributed by atoms with Crippen LogP contribution in [0.1, 0.15) is 110 Å². The van der Waals surface area contributed by atoms with E-state index in [1.807, 2.05) is 0 Å². The Morgan fingerprint density at radius 3 is 1.56 bits per heavy atom. The third kappa shape index (κ3) is 9.81. The molecule has 0 aromatic heterocycles. The van der Waals surface area contributed by atoms with Crippen LogP contribution in [0.25, 0.3) is 0 Å². The minimum Gasteiger partial charge on any atom is -0.386 e. The van der Waals surface area contributed by atoms with Crippen LogP contribution in [0.5, 0.6) is 0 Å². The van der Waals surface area contributed by atoms with Crippen molar-refractivity contribution in [3.63, 3.8) is 0 Å². The van der Waals surface area contributed by atoms with Gasteiger partial charge in [-0.3, -0.25) is 0 Å². The van der Waals surface area contributed by atoms with E-state index in [-0.39, 0.29) is 5.92 Å². The zero-order valence-electron chi connectivity index (χ0n) is 16.5. The van der Waals surface area contributed by atoms with Crippen LogP contribution in [0.15, 0.2) is 11.6 Å². The lowest BCUT2D eigenvalue weighted by molar-refractivity contribution is -0.150. The van der Waals surface area contributed by atoms with E-state index in [0.29, 0.717) is 5.57 Å². The van der Waals surface area contributed by atoms with Gasteiger partial charge in [0, 0.05) is 11.6 Å². The normalized spacial score (nSPS) is 15.4. The van der Waals surface area contributed by atoms with E-state index in [2.05, 4.69) is 13.8 Å². The van der Waals surface area contributed by atoms with Crippen LogP contribution < -0.4 is 0 Å². The summed E-state index contributed by atoms with van der Waals surface area (Å²) in [5, 5.41) is 0. The molecule has 0 amide bonds. The van der Waals surface area contributed by atoms with Crippen LogP contribution in [-0.2, 0) is 14.3 Å². The minimum atomic E-state index is -0.479. The molecule has 0 aliphatic carbocycles. The first-order valence-electron chi connectivity index (χ1n) is 10.7. The van der Waals surface area contributed by atoms with Gasteiger partial charge in [-0.05, 0) is 18.8 Å². The van der Waals surface area contributed by atoms with Gasteiger partial charge in [0.15, 0.2) is 0 Å². The molecule has 144 valence electrons. The Balaban J connectivity index is 2.32. The van der Waals surface area contributed by atoms with Gasteiger partial charge in [-0.2, -0.15) is 0 Å². The van der Waals surface area contributed by atoms with Crippen molar-refractivity contribution in [1.29, 1.82) is 0 Å². The summed E-state index contributed by atoms with van der Waals surface area (Å²) in [6.45, 7) is 4.47. The van der Waals surface area contributed by atoms with Gasteiger partial charge in [0.1, 0.15) is 0 Å². The van der Waals surface area contributed by atoms with Gasteiger partial charge in [-0.25, -0.2) is 9.59 Å². The summed E-state index contributed by atoms with van der Waals surface area (Å²) in [5.74, 6) is -0.669. The molecular weight excluding hydrogens is 312 g/mol. The monoisotopic (exact) mass is 350 g/mol. The van der Waals surface area contributed by atoms with Crippen molar-refractivity contribution in [2.45, 2.75) is 110 Å². The molecule has 0 N–H and O–H groups in total. The number of ether oxygens (including phenoxy) is 1. The number of carbonyl (C=O) groups is 2. The van der Waals surface area contributed by atoms with Crippen molar-refractivity contribution in [3.8, 4) is 0 Å². The standard InChI is InChI=1S/C22H38O3/c1-3-5-7-9-11-13-15-17-19(16-14-12-10-8-6-4-2)20-18-21(23)25-22(20)24/h18-19H,3-17H2,1-2H3. The summed E-state index contributed by atoms with van der Waals surface area (Å²) in [7, 11) is 0. The van der Waals surface area contributed by atoms with Crippen molar-refractivity contribution in [1.82, 2.24) is 0 Å². The first-order chi connectivity index (χ1) is 12.2. The van der Waals surface area contributed by atoms with Gasteiger partial charge < -0.3 is 4.74 Å². The quantitative estimate of drug-likeness (QED) is 0.181. The fraction of sp³-hybridized carbons (Fsp3) is 0.818. The SMILES string of the molecule is CCCCCCCCCC(CCCCCCCC)C1=CC(=O)OC1=O. The third-order valence-corrected chi connectivity index (χ3v) is 5.20. The molecule has 1 unspecified atom stereocenters. The Kier molecular flexibility index (Phi) is 12.4. The lowest BCUT2D eigenvalue weighted by atomic mass is 9.88. The molecule has 0 radical (unpaired) electrons. The molecule has 1 aliphatic rings. The molecule has 1 aliphatic heterocycles. The summed E-state index contributed by atoms with van der Waals surface area (Å²) in [6.07, 6.45) is 19.9. The summed E-state index contributed by atoms with van der Waals surface area (Å²) >= 11 is 0. The number of unbranched alkanes of at least 4 members (excludes halogenated alkanes) is 11. The van der Waals surface area contributed by atoms with Crippen LogP contribution in [-0.4, -0.2) is 11.9 Å². The maximum atomic E-state index is 11.9. The van der Waals surface area contributed by atoms with Crippen molar-refractivity contribution in [2.24, 2.45) is 5.92 Å². The molecule has 0 bridgehead atoms. The van der Waals surface area contributed by atoms with Gasteiger partial charge in [0.2, 0.25) is 0 Å². The Morgan fingerprint density at radius 1 is 0.720 bits per heavy atom. The Hall–Kier alpha value is -1.12. The van der Waals surface area contributed by atoms with E-state index in [9.17, 15) is 9.59 Å². The first kappa shape index (κ1) is 21.9. The smallest absolute Gasteiger partial charge is 0.342 e. The highest BCUT2D eigenvalue weighted by Gasteiger charge is 2.29. The maximum Gasteiger partial charge on any atom is 0.342 e. The van der Waals surface area contributed by atoms with Gasteiger partial charge in [0.05, 0.1) is 0 Å². The van der Waals surface area contributed by atoms with E-state index in [1.165, 1.54) is 76.7 Å². The molecule has 3 heteroatoms. The number of esters is 2. The largest absolute Gasteiger partial charge is 0.386 e. The van der Waals surface area contributed by atoms with Crippen LogP contribution in [0, 0.1) is 5.92 Å². The fourth-order valence-corrected chi connectivity index (χ4v) is 3.62. The molecule has 1 atom stereocenters. The molecule has 0 spiro atoms. The predicted octanol–water partition coefficient (Wildman–Crippen LogP) is 6.50. The van der Waals surface area contributed by atoms with Gasteiger partial charge >= 0.3 is 11.9 Å². The van der Waals surface area contributed by atoms with E-state index in [4.69, 9.17) is 4.74 Å². The lowest BCUT2D eigenvalue weighted by Gasteiger charge is -2.16. The van der Waals surface area contributed by atoms with E-state index >= 15 is 0 Å². The van der Waals surface area contributed by atoms with E-state index in [0.717, 1.165) is 25.7 Å². The van der Waals surface area contributed by atoms with Crippen LogP contribution in [0.2, 0.25) is 0 Å². The average molecular weight is 351 g/mol. The van der Waals surface area contributed by atoms with Gasteiger partial charge in [-0.15, -0.1) is 0 Å². The van der Waals surface area contributed by atoms with Crippen LogP contribution >= 0.6 is 0 Å². The predicted molar refractivity (Wildman–Crippen MR) is 103 cm³/mol. The molecule has 0 aromatic carbocycles. The number of cyclic esters (lactones) is 2. The molecule has 0 saturated carbocycles. The second-order valence-electron chi connectivity index (χ2n) is 7.47. The maximum absolute atomic E-state index is 11.9. The highest BCUT2D eigenvalue weighted by atomic mass is 16.6. The average Bonchev–Trinajstić information content (AvgIpc) is 2.93. The molecule has 3 nitrogen and oxygen atoms in total. The highest BCUT2D eigenvalue weighted by Crippen LogP contribution is 2.29. The van der Waals surface area contributed by atoms with E-state index in [1.54, 1.807) is 0 Å². The van der Waals surface area contributed by atoms with Crippen molar-refractivity contribution in [3.05, 3.63) is 11.6 Å². The van der Waals surface area contributed by atoms with Gasteiger partial charge in [-0.1, -0.05) is 97.3 Å². The zero-order valence-corrected chi connectivity index (χ0v) is 16.5. The van der Waals surface area contributed by atoms with Crippen molar-refractivity contribution in [2.75, 3.05) is 0 Å². The second-order valence-corrected chi connectivity index (χ2v) is 7.47. The van der Waals surface area contributed by atoms with Crippen molar-refractivity contribution >= 4 is 11.9 Å². The fourth-order valence-electron chi connectivity index (χ4n) is 3.62. The Labute approximate surface area is 154 Å². The van der Waals surface area contributed by atoms with Gasteiger partial charge in [0.25, 0.3) is 0 Å². The van der Waals surface area contributed by atoms with E-state index < -0.39 is 11.9 Å². The zero-order chi connectivity index (χ0) is 18.3. The molecule has 25 heavy (non-hydrogen) atoms.